The zero-order chi connectivity index (χ0) is 20.8. The molecule has 0 heterocycles. The van der Waals surface area contributed by atoms with E-state index in [1.165, 1.54) is 57.8 Å². The summed E-state index contributed by atoms with van der Waals surface area (Å²) >= 11 is 0. The quantitative estimate of drug-likeness (QED) is 0.306. The van der Waals surface area contributed by atoms with Crippen LogP contribution < -0.4 is 0 Å². The molecule has 1 N–H and O–H groups in total. The van der Waals surface area contributed by atoms with Gasteiger partial charge in [0, 0.05) is 10.5 Å². The Balaban J connectivity index is 3.63. The van der Waals surface area contributed by atoms with Crippen molar-refractivity contribution in [1.29, 1.82) is 0 Å². The third-order valence-electron chi connectivity index (χ3n) is 3.85. The second kappa shape index (κ2) is 16.8. The lowest BCUT2D eigenvalue weighted by Gasteiger charge is -2.09. The molecule has 0 fully saturated rings. The van der Waals surface area contributed by atoms with Crippen LogP contribution in [0.2, 0.25) is 0 Å². The highest BCUT2D eigenvalue weighted by atomic mass is 16.5. The van der Waals surface area contributed by atoms with Crippen molar-refractivity contribution in [2.24, 2.45) is 0 Å². The first-order valence-electron chi connectivity index (χ1n) is 11.5. The van der Waals surface area contributed by atoms with Gasteiger partial charge in [-0.25, -0.2) is 0 Å². The highest BCUT2D eigenvalue weighted by molar-refractivity contribution is 5.69. The molecule has 0 radical (unpaired) electrons. The zero-order valence-corrected chi connectivity index (χ0v) is 14.2. The predicted octanol–water partition coefficient (Wildman–Crippen LogP) is 5.39. The SMILES string of the molecule is [2H]C([2H])([2H])C(OC(=O)CCCCCCCCCCCCCCC)C([2H])([2H])O. The molecule has 0 saturated carbocycles. The maximum absolute atomic E-state index is 11.7. The van der Waals surface area contributed by atoms with Gasteiger partial charge in [-0.1, -0.05) is 84.0 Å². The summed E-state index contributed by atoms with van der Waals surface area (Å²) in [4.78, 5) is 11.7. The number of carbonyl (C=O) groups is 1. The van der Waals surface area contributed by atoms with E-state index in [1.807, 2.05) is 0 Å². The predicted molar refractivity (Wildman–Crippen MR) is 93.0 cm³/mol. The van der Waals surface area contributed by atoms with Crippen LogP contribution in [-0.4, -0.2) is 23.7 Å². The van der Waals surface area contributed by atoms with E-state index in [-0.39, 0.29) is 6.42 Å². The number of hydrogen-bond acceptors (Lipinski definition) is 3. The Hall–Kier alpha value is -0.570. The molecule has 0 bridgehead atoms. The molecule has 0 aliphatic heterocycles. The molecule has 0 rings (SSSR count). The van der Waals surface area contributed by atoms with Gasteiger partial charge >= 0.3 is 5.97 Å². The van der Waals surface area contributed by atoms with E-state index in [9.17, 15) is 9.90 Å². The van der Waals surface area contributed by atoms with Crippen LogP contribution in [-0.2, 0) is 9.53 Å². The van der Waals surface area contributed by atoms with Crippen LogP contribution in [0.15, 0.2) is 0 Å². The number of unbranched alkanes of at least 4 members (excludes halogenated alkanes) is 12. The molecule has 0 aliphatic carbocycles. The molecule has 0 saturated heterocycles. The van der Waals surface area contributed by atoms with Gasteiger partial charge in [-0.3, -0.25) is 4.79 Å². The van der Waals surface area contributed by atoms with Gasteiger partial charge in [-0.05, 0) is 13.3 Å². The maximum Gasteiger partial charge on any atom is 0.306 e. The van der Waals surface area contributed by atoms with Crippen LogP contribution in [0.4, 0.5) is 0 Å². The standard InChI is InChI=1S/C19H38O3/c1-3-4-5-6-7-8-9-10-11-12-13-14-15-16-19(21)22-18(2)17-20/h18,20H,3-17H2,1-2H3/i2D3,17D2. The van der Waals surface area contributed by atoms with Gasteiger partial charge in [-0.15, -0.1) is 0 Å². The van der Waals surface area contributed by atoms with E-state index in [2.05, 4.69) is 11.7 Å². The maximum atomic E-state index is 11.7. The van der Waals surface area contributed by atoms with Gasteiger partial charge in [-0.2, -0.15) is 0 Å². The first kappa shape index (κ1) is 13.8. The Morgan fingerprint density at radius 2 is 1.41 bits per heavy atom. The van der Waals surface area contributed by atoms with Gasteiger partial charge in [0.25, 0.3) is 0 Å². The number of carbonyl (C=O) groups excluding carboxylic acids is 1. The summed E-state index contributed by atoms with van der Waals surface area (Å²) in [6, 6.07) is 0. The molecule has 1 atom stereocenters. The number of ether oxygens (including phenoxy) is 1. The molecular formula is C19H38O3. The van der Waals surface area contributed by atoms with E-state index < -0.39 is 25.5 Å². The minimum Gasteiger partial charge on any atom is -0.460 e. The summed E-state index contributed by atoms with van der Waals surface area (Å²) in [5, 5.41) is 9.24. The van der Waals surface area contributed by atoms with Crippen molar-refractivity contribution in [3.8, 4) is 0 Å². The minimum absolute atomic E-state index is 0.0421. The van der Waals surface area contributed by atoms with Gasteiger partial charge < -0.3 is 9.84 Å². The third-order valence-corrected chi connectivity index (χ3v) is 3.85. The average Bonchev–Trinajstić information content (AvgIpc) is 2.55. The summed E-state index contributed by atoms with van der Waals surface area (Å²) in [5.41, 5.74) is 0. The van der Waals surface area contributed by atoms with Crippen LogP contribution in [0.5, 0.6) is 0 Å². The minimum atomic E-state index is -3.09. The summed E-state index contributed by atoms with van der Waals surface area (Å²) in [5.74, 6) is -0.780. The van der Waals surface area contributed by atoms with E-state index in [0.29, 0.717) is 6.42 Å². The fraction of sp³-hybridized carbons (Fsp3) is 0.947. The molecule has 1 unspecified atom stereocenters. The second-order valence-electron chi connectivity index (χ2n) is 5.99. The lowest BCUT2D eigenvalue weighted by molar-refractivity contribution is -0.150. The van der Waals surface area contributed by atoms with Crippen molar-refractivity contribution in [2.75, 3.05) is 6.56 Å². The normalized spacial score (nSPS) is 16.9. The van der Waals surface area contributed by atoms with E-state index >= 15 is 0 Å². The Morgan fingerprint density at radius 1 is 0.955 bits per heavy atom. The summed E-state index contributed by atoms with van der Waals surface area (Å²) < 4.78 is 40.4. The van der Waals surface area contributed by atoms with E-state index in [4.69, 9.17) is 6.85 Å². The molecule has 0 spiro atoms. The number of aliphatic hydroxyl groups is 1. The van der Waals surface area contributed by atoms with Crippen LogP contribution in [0.25, 0.3) is 0 Å². The first-order valence-corrected chi connectivity index (χ1v) is 9.01. The molecule has 132 valence electrons. The number of hydrogen-bond donors (Lipinski definition) is 1. The van der Waals surface area contributed by atoms with Gasteiger partial charge in [0.05, 0.1) is 9.30 Å². The monoisotopic (exact) mass is 319 g/mol. The number of esters is 1. The number of rotatable bonds is 16. The Morgan fingerprint density at radius 3 is 1.82 bits per heavy atom. The lowest BCUT2D eigenvalue weighted by atomic mass is 10.0. The third kappa shape index (κ3) is 15.8. The molecule has 0 aromatic carbocycles. The molecule has 3 nitrogen and oxygen atoms in total. The topological polar surface area (TPSA) is 46.5 Å². The van der Waals surface area contributed by atoms with Crippen LogP contribution >= 0.6 is 0 Å². The highest BCUT2D eigenvalue weighted by Gasteiger charge is 2.07. The fourth-order valence-electron chi connectivity index (χ4n) is 2.50. The van der Waals surface area contributed by atoms with Crippen molar-refractivity contribution in [2.45, 2.75) is 110 Å². The van der Waals surface area contributed by atoms with E-state index in [0.717, 1.165) is 19.3 Å². The van der Waals surface area contributed by atoms with Crippen LogP contribution in [0.1, 0.15) is 111 Å². The average molecular weight is 320 g/mol. The lowest BCUT2D eigenvalue weighted by Crippen LogP contribution is -2.18. The molecule has 22 heavy (non-hydrogen) atoms. The van der Waals surface area contributed by atoms with Crippen LogP contribution in [0.3, 0.4) is 0 Å². The highest BCUT2D eigenvalue weighted by Crippen LogP contribution is 2.13. The Labute approximate surface area is 144 Å². The smallest absolute Gasteiger partial charge is 0.306 e. The van der Waals surface area contributed by atoms with Gasteiger partial charge in [0.1, 0.15) is 6.10 Å². The Kier molecular flexibility index (Phi) is 10.6. The van der Waals surface area contributed by atoms with Crippen molar-refractivity contribution in [3.05, 3.63) is 0 Å². The molecule has 0 aliphatic rings. The largest absolute Gasteiger partial charge is 0.460 e. The molecular weight excluding hydrogens is 276 g/mol. The van der Waals surface area contributed by atoms with Gasteiger partial charge in [0.15, 0.2) is 0 Å². The Bertz CT molecular complexity index is 367. The summed E-state index contributed by atoms with van der Waals surface area (Å²) in [6.07, 6.45) is 13.2. The first-order chi connectivity index (χ1) is 12.6. The van der Waals surface area contributed by atoms with Gasteiger partial charge in [0.2, 0.25) is 0 Å². The summed E-state index contributed by atoms with van der Waals surface area (Å²) in [7, 11) is 0. The summed E-state index contributed by atoms with van der Waals surface area (Å²) in [6.45, 7) is -3.76. The van der Waals surface area contributed by atoms with E-state index in [1.54, 1.807) is 0 Å². The zero-order valence-electron chi connectivity index (χ0n) is 19.2. The fourth-order valence-corrected chi connectivity index (χ4v) is 2.50. The molecule has 0 amide bonds. The molecule has 0 aromatic rings. The molecule has 3 heteroatoms. The van der Waals surface area contributed by atoms with Crippen molar-refractivity contribution >= 4 is 5.97 Å². The van der Waals surface area contributed by atoms with Crippen molar-refractivity contribution in [1.82, 2.24) is 0 Å². The molecule has 0 aromatic heterocycles. The van der Waals surface area contributed by atoms with Crippen molar-refractivity contribution < 1.29 is 21.5 Å². The van der Waals surface area contributed by atoms with Crippen LogP contribution in [0, 0.1) is 0 Å². The van der Waals surface area contributed by atoms with Crippen molar-refractivity contribution in [3.63, 3.8) is 0 Å². The second-order valence-corrected chi connectivity index (χ2v) is 5.99.